The molecule has 0 radical (unpaired) electrons. The van der Waals surface area contributed by atoms with E-state index in [1.54, 1.807) is 38.5 Å². The van der Waals surface area contributed by atoms with Crippen molar-refractivity contribution in [2.45, 2.75) is 64.2 Å². The van der Waals surface area contributed by atoms with Gasteiger partial charge in [0.25, 0.3) is 0 Å². The summed E-state index contributed by atoms with van der Waals surface area (Å²) in [6.45, 7) is 0. The third-order valence-electron chi connectivity index (χ3n) is 3.93. The first-order valence-electron chi connectivity index (χ1n) is 6.33. The first-order valence-corrected chi connectivity index (χ1v) is 10.6. The molecule has 3 heteroatoms. The van der Waals surface area contributed by atoms with Gasteiger partial charge in [-0.05, 0) is 11.8 Å². The molecule has 0 unspecified atom stereocenters. The van der Waals surface area contributed by atoms with Crippen LogP contribution in [0.3, 0.4) is 0 Å². The molecule has 0 nitrogen and oxygen atoms in total. The maximum absolute atomic E-state index is 4.89. The maximum atomic E-state index is 4.89. The molecule has 0 aliphatic heterocycles. The molecule has 0 saturated heterocycles. The van der Waals surface area contributed by atoms with Crippen LogP contribution in [-0.4, -0.2) is 0 Å². The van der Waals surface area contributed by atoms with E-state index in [9.17, 15) is 0 Å². The third kappa shape index (κ3) is 9.82. The Hall–Kier alpha value is 1.29. The summed E-state index contributed by atoms with van der Waals surface area (Å²) in [5.41, 5.74) is 0. The van der Waals surface area contributed by atoms with Gasteiger partial charge in [0.15, 0.2) is 0 Å². The molecule has 0 aromatic rings. The molecule has 0 N–H and O–H groups in total. The van der Waals surface area contributed by atoms with Gasteiger partial charge >= 0.3 is 35.6 Å². The average molecular weight is 315 g/mol. The fourth-order valence-corrected chi connectivity index (χ4v) is 3.07. The normalized spacial score (nSPS) is 19.9. The Morgan fingerprint density at radius 3 is 1.18 bits per heavy atom. The zero-order chi connectivity index (χ0) is 10.9. The van der Waals surface area contributed by atoms with Gasteiger partial charge in [-0.3, -0.25) is 0 Å². The fourth-order valence-electron chi connectivity index (χ4n) is 3.07. The standard InChI is InChI=1S/C12H22.2CH3.2ClH.Ti/c1-2-6-11(5-1)9-10-12-7-3-4-8-12;;;;;/h11-12H,1-10H2;2*1H3;2*1H;/q;2*-1;;;+2/p-2. The van der Waals surface area contributed by atoms with E-state index in [0.717, 1.165) is 11.8 Å². The average Bonchev–Trinajstić information content (AvgIpc) is 2.90. The van der Waals surface area contributed by atoms with E-state index in [1.165, 1.54) is 25.7 Å². The monoisotopic (exact) mass is 314 g/mol. The van der Waals surface area contributed by atoms with Gasteiger partial charge in [-0.2, -0.15) is 0 Å². The van der Waals surface area contributed by atoms with Crippen LogP contribution in [-0.2, 0) is 17.0 Å². The van der Waals surface area contributed by atoms with Crippen molar-refractivity contribution in [1.29, 1.82) is 0 Å². The summed E-state index contributed by atoms with van der Waals surface area (Å²) in [5, 5.41) is 0. The van der Waals surface area contributed by atoms with Gasteiger partial charge in [0.1, 0.15) is 0 Å². The van der Waals surface area contributed by atoms with Crippen LogP contribution >= 0.6 is 18.6 Å². The van der Waals surface area contributed by atoms with Gasteiger partial charge in [0, 0.05) is 0 Å². The van der Waals surface area contributed by atoms with Crippen LogP contribution in [0.1, 0.15) is 64.2 Å². The number of halogens is 2. The van der Waals surface area contributed by atoms with Crippen LogP contribution in [0.5, 0.6) is 0 Å². The van der Waals surface area contributed by atoms with Crippen molar-refractivity contribution in [2.75, 3.05) is 0 Å². The summed E-state index contributed by atoms with van der Waals surface area (Å²) in [6, 6.07) is 0. The molecule has 0 spiro atoms. The molecule has 2 aliphatic rings. The first-order chi connectivity index (χ1) is 7.36. The van der Waals surface area contributed by atoms with Crippen molar-refractivity contribution < 1.29 is 17.0 Å². The topological polar surface area (TPSA) is 0 Å². The minimum absolute atomic E-state index is 0. The quantitative estimate of drug-likeness (QED) is 0.416. The second kappa shape index (κ2) is 13.7. The van der Waals surface area contributed by atoms with Gasteiger partial charge < -0.3 is 14.9 Å². The van der Waals surface area contributed by atoms with Gasteiger partial charge in [-0.1, -0.05) is 64.2 Å². The Morgan fingerprint density at radius 1 is 0.706 bits per heavy atom. The Bertz CT molecular complexity index is 125. The second-order valence-electron chi connectivity index (χ2n) is 4.95. The second-order valence-corrected chi connectivity index (χ2v) is 7.53. The van der Waals surface area contributed by atoms with Crippen LogP contribution in [0.15, 0.2) is 0 Å². The van der Waals surface area contributed by atoms with Crippen LogP contribution < -0.4 is 0 Å². The van der Waals surface area contributed by atoms with Gasteiger partial charge in [-0.25, -0.2) is 0 Å². The minimum atomic E-state index is -0.556. The summed E-state index contributed by atoms with van der Waals surface area (Å²) in [6.07, 6.45) is 15.4. The summed E-state index contributed by atoms with van der Waals surface area (Å²) in [5.74, 6) is 2.26. The molecule has 2 aliphatic carbocycles. The van der Waals surface area contributed by atoms with E-state index in [0.29, 0.717) is 0 Å². The van der Waals surface area contributed by atoms with E-state index in [2.05, 4.69) is 0 Å². The van der Waals surface area contributed by atoms with Crippen LogP contribution in [0, 0.1) is 26.7 Å². The fraction of sp³-hybridized carbons (Fsp3) is 0.857. The summed E-state index contributed by atoms with van der Waals surface area (Å²) < 4.78 is 0. The zero-order valence-corrected chi connectivity index (χ0v) is 14.6. The van der Waals surface area contributed by atoms with Crippen molar-refractivity contribution in [1.82, 2.24) is 0 Å². The molecular weight excluding hydrogens is 287 g/mol. The summed E-state index contributed by atoms with van der Waals surface area (Å²) >= 11 is -0.556. The van der Waals surface area contributed by atoms with Crippen LogP contribution in [0.4, 0.5) is 0 Å². The predicted molar refractivity (Wildman–Crippen MR) is 77.7 cm³/mol. The molecule has 0 heterocycles. The molecular formula is C14H28Cl2Ti-2. The van der Waals surface area contributed by atoms with E-state index in [1.807, 2.05) is 0 Å². The molecule has 0 atom stereocenters. The van der Waals surface area contributed by atoms with E-state index < -0.39 is 17.0 Å². The van der Waals surface area contributed by atoms with E-state index >= 15 is 0 Å². The molecule has 2 fully saturated rings. The van der Waals surface area contributed by atoms with Crippen molar-refractivity contribution in [2.24, 2.45) is 11.8 Å². The molecule has 104 valence electrons. The third-order valence-corrected chi connectivity index (χ3v) is 3.93. The molecule has 0 bridgehead atoms. The predicted octanol–water partition coefficient (Wildman–Crippen LogP) is 6.42. The molecule has 0 aromatic carbocycles. The van der Waals surface area contributed by atoms with E-state index in [-0.39, 0.29) is 14.9 Å². The summed E-state index contributed by atoms with van der Waals surface area (Å²) in [4.78, 5) is 0. The number of hydrogen-bond acceptors (Lipinski definition) is 0. The SMILES string of the molecule is C1CCC(CCC2CCCC2)C1.[CH3-].[CH3-].[Cl][Ti][Cl]. The molecule has 17 heavy (non-hydrogen) atoms. The molecule has 0 aromatic heterocycles. The molecule has 2 saturated carbocycles. The first kappa shape index (κ1) is 20.6. The molecule has 0 amide bonds. The van der Waals surface area contributed by atoms with Crippen molar-refractivity contribution in [3.05, 3.63) is 14.9 Å². The van der Waals surface area contributed by atoms with Gasteiger partial charge in [0.2, 0.25) is 0 Å². The number of rotatable bonds is 3. The van der Waals surface area contributed by atoms with Crippen LogP contribution in [0.25, 0.3) is 0 Å². The van der Waals surface area contributed by atoms with Crippen LogP contribution in [0.2, 0.25) is 0 Å². The van der Waals surface area contributed by atoms with Crippen molar-refractivity contribution >= 4 is 18.6 Å². The molecule has 2 rings (SSSR count). The Morgan fingerprint density at radius 2 is 0.941 bits per heavy atom. The Labute approximate surface area is 126 Å². The van der Waals surface area contributed by atoms with Crippen molar-refractivity contribution in [3.63, 3.8) is 0 Å². The number of hydrogen-bond donors (Lipinski definition) is 0. The summed E-state index contributed by atoms with van der Waals surface area (Å²) in [7, 11) is 9.78. The van der Waals surface area contributed by atoms with E-state index in [4.69, 9.17) is 18.6 Å². The van der Waals surface area contributed by atoms with Gasteiger partial charge in [0.05, 0.1) is 0 Å². The van der Waals surface area contributed by atoms with Gasteiger partial charge in [-0.15, -0.1) is 0 Å². The Kier molecular flexibility index (Phi) is 16.6. The Balaban J connectivity index is 0. The zero-order valence-electron chi connectivity index (χ0n) is 11.5. The van der Waals surface area contributed by atoms with Crippen molar-refractivity contribution in [3.8, 4) is 0 Å².